The van der Waals surface area contributed by atoms with Crippen molar-refractivity contribution >= 4 is 21.6 Å². The molecule has 106 valence electrons. The number of rotatable bonds is 2. The van der Waals surface area contributed by atoms with Crippen LogP contribution >= 0.6 is 11.6 Å². The molecule has 0 amide bonds. The van der Waals surface area contributed by atoms with Gasteiger partial charge in [-0.25, -0.2) is 12.8 Å². The molecule has 0 spiro atoms. The van der Waals surface area contributed by atoms with E-state index in [-0.39, 0.29) is 28.6 Å². The molecule has 0 aliphatic carbocycles. The number of hydrogen-bond acceptors (Lipinski definition) is 3. The van der Waals surface area contributed by atoms with Crippen molar-refractivity contribution in [1.29, 1.82) is 0 Å². The van der Waals surface area contributed by atoms with E-state index in [0.717, 1.165) is 12.1 Å². The summed E-state index contributed by atoms with van der Waals surface area (Å²) in [5.74, 6) is -0.563. The van der Waals surface area contributed by atoms with Crippen LogP contribution in [-0.2, 0) is 14.8 Å². The van der Waals surface area contributed by atoms with Crippen LogP contribution in [0.3, 0.4) is 0 Å². The minimum Gasteiger partial charge on any atom is -0.375 e. The molecule has 19 heavy (non-hydrogen) atoms. The summed E-state index contributed by atoms with van der Waals surface area (Å²) in [4.78, 5) is -0.0727. The van der Waals surface area contributed by atoms with Gasteiger partial charge in [-0.3, -0.25) is 0 Å². The number of benzene rings is 1. The van der Waals surface area contributed by atoms with E-state index < -0.39 is 15.8 Å². The van der Waals surface area contributed by atoms with E-state index in [1.54, 1.807) is 13.8 Å². The fourth-order valence-corrected chi connectivity index (χ4v) is 4.22. The van der Waals surface area contributed by atoms with Crippen molar-refractivity contribution < 1.29 is 17.5 Å². The normalized spacial score (nSPS) is 25.5. The summed E-state index contributed by atoms with van der Waals surface area (Å²) in [5, 5.41) is -0.105. The van der Waals surface area contributed by atoms with E-state index in [0.29, 0.717) is 6.61 Å². The fourth-order valence-electron chi connectivity index (χ4n) is 2.02. The third-order valence-corrected chi connectivity index (χ3v) is 5.49. The lowest BCUT2D eigenvalue weighted by atomic mass is 10.2. The average Bonchev–Trinajstić information content (AvgIpc) is 2.31. The van der Waals surface area contributed by atoms with Crippen LogP contribution in [0.1, 0.15) is 13.8 Å². The Balaban J connectivity index is 2.41. The summed E-state index contributed by atoms with van der Waals surface area (Å²) in [6, 6.07) is 3.01. The smallest absolute Gasteiger partial charge is 0.244 e. The molecule has 1 heterocycles. The molecule has 0 saturated carbocycles. The zero-order valence-corrected chi connectivity index (χ0v) is 12.2. The van der Waals surface area contributed by atoms with Gasteiger partial charge in [0.25, 0.3) is 0 Å². The molecule has 0 unspecified atom stereocenters. The van der Waals surface area contributed by atoms with E-state index in [1.807, 2.05) is 0 Å². The summed E-state index contributed by atoms with van der Waals surface area (Å²) >= 11 is 5.84. The first-order valence-corrected chi connectivity index (χ1v) is 7.72. The topological polar surface area (TPSA) is 46.6 Å². The Kier molecular flexibility index (Phi) is 4.15. The van der Waals surface area contributed by atoms with E-state index in [4.69, 9.17) is 16.3 Å². The van der Waals surface area contributed by atoms with Gasteiger partial charge in [-0.15, -0.1) is 0 Å². The van der Waals surface area contributed by atoms with Crippen molar-refractivity contribution in [3.05, 3.63) is 29.0 Å². The molecule has 2 atom stereocenters. The van der Waals surface area contributed by atoms with Gasteiger partial charge in [-0.1, -0.05) is 11.6 Å². The lowest BCUT2D eigenvalue weighted by Crippen LogP contribution is -2.50. The second kappa shape index (κ2) is 5.36. The number of morpholine rings is 1. The fraction of sp³-hybridized carbons (Fsp3) is 0.500. The molecule has 4 nitrogen and oxygen atoms in total. The van der Waals surface area contributed by atoms with Gasteiger partial charge in [0.2, 0.25) is 10.0 Å². The molecule has 1 aromatic carbocycles. The van der Waals surface area contributed by atoms with Crippen LogP contribution < -0.4 is 0 Å². The minimum absolute atomic E-state index is 0.0727. The first-order valence-electron chi connectivity index (χ1n) is 5.91. The molecule has 1 aliphatic heterocycles. The lowest BCUT2D eigenvalue weighted by molar-refractivity contribution is -0.0170. The highest BCUT2D eigenvalue weighted by Gasteiger charge is 2.35. The van der Waals surface area contributed by atoms with E-state index >= 15 is 0 Å². The molecule has 7 heteroatoms. The molecule has 1 saturated heterocycles. The van der Waals surface area contributed by atoms with Crippen LogP contribution in [-0.4, -0.2) is 38.0 Å². The van der Waals surface area contributed by atoms with Gasteiger partial charge in [0.15, 0.2) is 0 Å². The van der Waals surface area contributed by atoms with Gasteiger partial charge >= 0.3 is 0 Å². The first-order chi connectivity index (χ1) is 8.82. The van der Waals surface area contributed by atoms with Crippen LogP contribution in [0.2, 0.25) is 5.02 Å². The SMILES string of the molecule is C[C@@H]1CN(S(=O)(=O)c2ccc(F)cc2Cl)[C@@H](C)CO1. The first kappa shape index (κ1) is 14.7. The Morgan fingerprint density at radius 2 is 2.11 bits per heavy atom. The molecule has 1 fully saturated rings. The maximum Gasteiger partial charge on any atom is 0.244 e. The average molecular weight is 308 g/mol. The summed E-state index contributed by atoms with van der Waals surface area (Å²) in [5.41, 5.74) is 0. The third kappa shape index (κ3) is 2.91. The minimum atomic E-state index is -3.74. The van der Waals surface area contributed by atoms with Crippen LogP contribution in [0.25, 0.3) is 0 Å². The number of hydrogen-bond donors (Lipinski definition) is 0. The van der Waals surface area contributed by atoms with Gasteiger partial charge in [0.05, 0.1) is 17.7 Å². The Morgan fingerprint density at radius 3 is 2.74 bits per heavy atom. The standard InChI is InChI=1S/C12H15ClFNO3S/c1-8-7-18-9(2)6-15(8)19(16,17)12-4-3-10(14)5-11(12)13/h3-5,8-9H,6-7H2,1-2H3/t8-,9+/m0/s1. The Morgan fingerprint density at radius 1 is 1.42 bits per heavy atom. The maximum absolute atomic E-state index is 13.0. The summed E-state index contributed by atoms with van der Waals surface area (Å²) < 4.78 is 44.8. The van der Waals surface area contributed by atoms with Crippen molar-refractivity contribution in [1.82, 2.24) is 4.31 Å². The van der Waals surface area contributed by atoms with Crippen molar-refractivity contribution in [2.24, 2.45) is 0 Å². The molecule has 1 aromatic rings. The predicted octanol–water partition coefficient (Wildman–Crippen LogP) is 2.28. The molecule has 0 bridgehead atoms. The molecular formula is C12H15ClFNO3S. The van der Waals surface area contributed by atoms with E-state index in [9.17, 15) is 12.8 Å². The molecule has 2 rings (SSSR count). The van der Waals surface area contributed by atoms with E-state index in [2.05, 4.69) is 0 Å². The van der Waals surface area contributed by atoms with Gasteiger partial charge in [-0.2, -0.15) is 4.31 Å². The van der Waals surface area contributed by atoms with Gasteiger partial charge in [0, 0.05) is 12.6 Å². The maximum atomic E-state index is 13.0. The predicted molar refractivity (Wildman–Crippen MR) is 70.2 cm³/mol. The highest BCUT2D eigenvalue weighted by atomic mass is 35.5. The van der Waals surface area contributed by atoms with E-state index in [1.165, 1.54) is 10.4 Å². The second-order valence-electron chi connectivity index (χ2n) is 4.64. The van der Waals surface area contributed by atoms with Crippen molar-refractivity contribution in [3.63, 3.8) is 0 Å². The lowest BCUT2D eigenvalue weighted by Gasteiger charge is -2.35. The number of halogens is 2. The summed E-state index contributed by atoms with van der Waals surface area (Å²) in [6.07, 6.45) is -0.176. The monoisotopic (exact) mass is 307 g/mol. The highest BCUT2D eigenvalue weighted by molar-refractivity contribution is 7.89. The van der Waals surface area contributed by atoms with Crippen LogP contribution in [0.4, 0.5) is 4.39 Å². The summed E-state index contributed by atoms with van der Waals surface area (Å²) in [6.45, 7) is 4.16. The molecule has 0 aromatic heterocycles. The Labute approximate surface area is 117 Å². The number of nitrogens with zero attached hydrogens (tertiary/aromatic N) is 1. The van der Waals surface area contributed by atoms with Crippen LogP contribution in [0.15, 0.2) is 23.1 Å². The quantitative estimate of drug-likeness (QED) is 0.842. The van der Waals surface area contributed by atoms with Gasteiger partial charge < -0.3 is 4.74 Å². The molecule has 0 radical (unpaired) electrons. The highest BCUT2D eigenvalue weighted by Crippen LogP contribution is 2.28. The van der Waals surface area contributed by atoms with Crippen LogP contribution in [0, 0.1) is 5.82 Å². The van der Waals surface area contributed by atoms with Crippen molar-refractivity contribution in [2.45, 2.75) is 30.9 Å². The Hall–Kier alpha value is -0.690. The van der Waals surface area contributed by atoms with Crippen molar-refractivity contribution in [2.75, 3.05) is 13.2 Å². The largest absolute Gasteiger partial charge is 0.375 e. The molecule has 1 aliphatic rings. The zero-order chi connectivity index (χ0) is 14.2. The third-order valence-electron chi connectivity index (χ3n) is 3.03. The molecule has 0 N–H and O–H groups in total. The summed E-state index contributed by atoms with van der Waals surface area (Å²) in [7, 11) is -3.74. The number of sulfonamides is 1. The van der Waals surface area contributed by atoms with Crippen LogP contribution in [0.5, 0.6) is 0 Å². The Bertz CT molecular complexity index is 578. The van der Waals surface area contributed by atoms with Gasteiger partial charge in [0.1, 0.15) is 10.7 Å². The van der Waals surface area contributed by atoms with Crippen molar-refractivity contribution in [3.8, 4) is 0 Å². The second-order valence-corrected chi connectivity index (χ2v) is 6.91. The molecular weight excluding hydrogens is 293 g/mol. The number of ether oxygens (including phenoxy) is 1. The zero-order valence-electron chi connectivity index (χ0n) is 10.6. The van der Waals surface area contributed by atoms with Gasteiger partial charge in [-0.05, 0) is 32.0 Å².